The fourth-order valence-corrected chi connectivity index (χ4v) is 2.72. The van der Waals surface area contributed by atoms with Crippen LogP contribution in [0.1, 0.15) is 26.2 Å². The summed E-state index contributed by atoms with van der Waals surface area (Å²) in [6.07, 6.45) is 1.77. The largest absolute Gasteiger partial charge is 0.481 e. The summed E-state index contributed by atoms with van der Waals surface area (Å²) in [6.45, 7) is 5.36. The van der Waals surface area contributed by atoms with E-state index < -0.39 is 12.0 Å². The monoisotopic (exact) mass is 300 g/mol. The highest BCUT2D eigenvalue weighted by molar-refractivity contribution is 5.76. The standard InChI is InChI=1S/C14H24N2O5/c1-14(2-5-20-6-3-14)10-15-13(19)16-4-7-21-9-11(16)8-12(17)18/h11H,2-10H2,1H3,(H,15,19)(H,17,18). The molecule has 21 heavy (non-hydrogen) atoms. The molecule has 2 amide bonds. The summed E-state index contributed by atoms with van der Waals surface area (Å²) in [4.78, 5) is 24.8. The van der Waals surface area contributed by atoms with Crippen molar-refractivity contribution in [2.75, 3.05) is 39.5 Å². The number of rotatable bonds is 4. The number of amides is 2. The molecule has 0 aromatic carbocycles. The molecule has 0 aromatic heterocycles. The van der Waals surface area contributed by atoms with Crippen molar-refractivity contribution in [3.8, 4) is 0 Å². The molecule has 2 rings (SSSR count). The smallest absolute Gasteiger partial charge is 0.317 e. The number of morpholine rings is 1. The summed E-state index contributed by atoms with van der Waals surface area (Å²) < 4.78 is 10.6. The molecular formula is C14H24N2O5. The van der Waals surface area contributed by atoms with Gasteiger partial charge < -0.3 is 24.8 Å². The minimum atomic E-state index is -0.917. The molecule has 2 saturated heterocycles. The normalized spacial score (nSPS) is 25.4. The van der Waals surface area contributed by atoms with Crippen LogP contribution in [-0.2, 0) is 14.3 Å². The van der Waals surface area contributed by atoms with Crippen molar-refractivity contribution in [3.05, 3.63) is 0 Å². The van der Waals surface area contributed by atoms with Crippen molar-refractivity contribution < 1.29 is 24.2 Å². The molecule has 1 atom stereocenters. The Morgan fingerprint density at radius 1 is 1.29 bits per heavy atom. The van der Waals surface area contributed by atoms with E-state index in [1.165, 1.54) is 0 Å². The molecule has 2 aliphatic heterocycles. The topological polar surface area (TPSA) is 88.1 Å². The maximum absolute atomic E-state index is 12.3. The third-order valence-corrected chi connectivity index (χ3v) is 4.26. The van der Waals surface area contributed by atoms with Crippen LogP contribution in [-0.4, -0.2) is 67.6 Å². The second-order valence-corrected chi connectivity index (χ2v) is 6.10. The highest BCUT2D eigenvalue weighted by atomic mass is 16.5. The van der Waals surface area contributed by atoms with E-state index in [-0.39, 0.29) is 24.5 Å². The number of hydrogen-bond donors (Lipinski definition) is 2. The van der Waals surface area contributed by atoms with Gasteiger partial charge in [-0.1, -0.05) is 6.92 Å². The molecule has 0 bridgehead atoms. The van der Waals surface area contributed by atoms with Gasteiger partial charge in [0.15, 0.2) is 0 Å². The number of carboxylic acid groups (broad SMARTS) is 1. The van der Waals surface area contributed by atoms with Gasteiger partial charge in [0.05, 0.1) is 25.7 Å². The Labute approximate surface area is 124 Å². The van der Waals surface area contributed by atoms with E-state index in [0.717, 1.165) is 26.1 Å². The Morgan fingerprint density at radius 3 is 2.67 bits per heavy atom. The zero-order chi connectivity index (χ0) is 15.3. The number of ether oxygens (including phenoxy) is 2. The van der Waals surface area contributed by atoms with Crippen molar-refractivity contribution in [2.24, 2.45) is 5.41 Å². The summed E-state index contributed by atoms with van der Waals surface area (Å²) in [5.74, 6) is -0.917. The van der Waals surface area contributed by atoms with Crippen molar-refractivity contribution in [1.29, 1.82) is 0 Å². The third kappa shape index (κ3) is 4.57. The van der Waals surface area contributed by atoms with Gasteiger partial charge in [-0.25, -0.2) is 4.79 Å². The van der Waals surface area contributed by atoms with E-state index in [1.807, 2.05) is 0 Å². The van der Waals surface area contributed by atoms with Gasteiger partial charge in [0.1, 0.15) is 0 Å². The summed E-state index contributed by atoms with van der Waals surface area (Å²) in [5, 5.41) is 11.9. The van der Waals surface area contributed by atoms with Gasteiger partial charge >= 0.3 is 12.0 Å². The number of carbonyl (C=O) groups is 2. The Hall–Kier alpha value is -1.34. The van der Waals surface area contributed by atoms with Gasteiger partial charge in [0, 0.05) is 26.3 Å². The summed E-state index contributed by atoms with van der Waals surface area (Å²) >= 11 is 0. The second kappa shape index (κ2) is 7.09. The first kappa shape index (κ1) is 16.0. The van der Waals surface area contributed by atoms with Crippen molar-refractivity contribution in [2.45, 2.75) is 32.2 Å². The molecule has 2 N–H and O–H groups in total. The predicted octanol–water partition coefficient (Wildman–Crippen LogP) is 0.688. The molecular weight excluding hydrogens is 276 g/mol. The van der Waals surface area contributed by atoms with E-state index in [0.29, 0.717) is 19.7 Å². The van der Waals surface area contributed by atoms with Crippen LogP contribution in [0.25, 0.3) is 0 Å². The molecule has 0 saturated carbocycles. The van der Waals surface area contributed by atoms with Crippen molar-refractivity contribution in [1.82, 2.24) is 10.2 Å². The second-order valence-electron chi connectivity index (χ2n) is 6.10. The Kier molecular flexibility index (Phi) is 5.41. The molecule has 1 unspecified atom stereocenters. The highest BCUT2D eigenvalue weighted by Gasteiger charge is 2.32. The van der Waals surface area contributed by atoms with Gasteiger partial charge in [-0.05, 0) is 18.3 Å². The minimum absolute atomic E-state index is 0.0580. The lowest BCUT2D eigenvalue weighted by Crippen LogP contribution is -2.54. The van der Waals surface area contributed by atoms with Crippen LogP contribution in [0.4, 0.5) is 4.79 Å². The quantitative estimate of drug-likeness (QED) is 0.797. The lowest BCUT2D eigenvalue weighted by molar-refractivity contribution is -0.139. The number of nitrogens with one attached hydrogen (secondary N) is 1. The maximum atomic E-state index is 12.3. The van der Waals surface area contributed by atoms with Crippen LogP contribution in [0.3, 0.4) is 0 Å². The number of urea groups is 1. The number of carbonyl (C=O) groups excluding carboxylic acids is 1. The fraction of sp³-hybridized carbons (Fsp3) is 0.857. The Bertz CT molecular complexity index is 382. The van der Waals surface area contributed by atoms with Gasteiger partial charge in [-0.15, -0.1) is 0 Å². The molecule has 2 aliphatic rings. The van der Waals surface area contributed by atoms with E-state index in [4.69, 9.17) is 14.6 Å². The molecule has 0 aromatic rings. The molecule has 0 aliphatic carbocycles. The first-order valence-corrected chi connectivity index (χ1v) is 7.42. The summed E-state index contributed by atoms with van der Waals surface area (Å²) in [5.41, 5.74) is 0.0580. The minimum Gasteiger partial charge on any atom is -0.481 e. The van der Waals surface area contributed by atoms with Crippen LogP contribution in [0.15, 0.2) is 0 Å². The maximum Gasteiger partial charge on any atom is 0.317 e. The number of hydrogen-bond acceptors (Lipinski definition) is 4. The molecule has 7 heteroatoms. The average molecular weight is 300 g/mol. The van der Waals surface area contributed by atoms with Gasteiger partial charge in [-0.3, -0.25) is 4.79 Å². The molecule has 0 spiro atoms. The van der Waals surface area contributed by atoms with Gasteiger partial charge in [0.25, 0.3) is 0 Å². The first-order valence-electron chi connectivity index (χ1n) is 7.42. The van der Waals surface area contributed by atoms with Crippen molar-refractivity contribution in [3.63, 3.8) is 0 Å². The van der Waals surface area contributed by atoms with E-state index >= 15 is 0 Å². The Balaban J connectivity index is 1.86. The molecule has 0 radical (unpaired) electrons. The zero-order valence-corrected chi connectivity index (χ0v) is 12.5. The summed E-state index contributed by atoms with van der Waals surface area (Å²) in [6, 6.07) is -0.587. The van der Waals surface area contributed by atoms with Crippen LogP contribution >= 0.6 is 0 Å². The van der Waals surface area contributed by atoms with E-state index in [1.54, 1.807) is 4.90 Å². The predicted molar refractivity (Wildman–Crippen MR) is 75.1 cm³/mol. The SMILES string of the molecule is CC1(CNC(=O)N2CCOCC2CC(=O)O)CCOCC1. The van der Waals surface area contributed by atoms with Gasteiger partial charge in [-0.2, -0.15) is 0 Å². The molecule has 2 heterocycles. The first-order chi connectivity index (χ1) is 10.0. The number of nitrogens with zero attached hydrogens (tertiary/aromatic N) is 1. The molecule has 2 fully saturated rings. The lowest BCUT2D eigenvalue weighted by atomic mass is 9.82. The van der Waals surface area contributed by atoms with Crippen LogP contribution < -0.4 is 5.32 Å². The fourth-order valence-electron chi connectivity index (χ4n) is 2.72. The third-order valence-electron chi connectivity index (χ3n) is 4.26. The molecule has 7 nitrogen and oxygen atoms in total. The Morgan fingerprint density at radius 2 is 2.00 bits per heavy atom. The van der Waals surface area contributed by atoms with Crippen LogP contribution in [0.2, 0.25) is 0 Å². The average Bonchev–Trinajstić information content (AvgIpc) is 2.46. The summed E-state index contributed by atoms with van der Waals surface area (Å²) in [7, 11) is 0. The highest BCUT2D eigenvalue weighted by Crippen LogP contribution is 2.28. The van der Waals surface area contributed by atoms with Crippen LogP contribution in [0.5, 0.6) is 0 Å². The lowest BCUT2D eigenvalue weighted by Gasteiger charge is -2.37. The number of aliphatic carboxylic acids is 1. The van der Waals surface area contributed by atoms with Crippen molar-refractivity contribution >= 4 is 12.0 Å². The van der Waals surface area contributed by atoms with E-state index in [2.05, 4.69) is 12.2 Å². The molecule has 120 valence electrons. The van der Waals surface area contributed by atoms with Crippen LogP contribution in [0, 0.1) is 5.41 Å². The van der Waals surface area contributed by atoms with E-state index in [9.17, 15) is 9.59 Å². The number of carboxylic acids is 1. The van der Waals surface area contributed by atoms with Gasteiger partial charge in [0.2, 0.25) is 0 Å². The zero-order valence-electron chi connectivity index (χ0n) is 12.5.